The van der Waals surface area contributed by atoms with Gasteiger partial charge in [-0.15, -0.1) is 0 Å². The molecule has 0 atom stereocenters. The van der Waals surface area contributed by atoms with Gasteiger partial charge in [-0.05, 0) is 42.8 Å². The van der Waals surface area contributed by atoms with Crippen LogP contribution in [-0.4, -0.2) is 5.91 Å². The fourth-order valence-electron chi connectivity index (χ4n) is 1.59. The molecule has 2 rings (SSSR count). The molecule has 2 aromatic carbocycles. The van der Waals surface area contributed by atoms with Gasteiger partial charge in [-0.2, -0.15) is 0 Å². The third-order valence-electron chi connectivity index (χ3n) is 2.71. The predicted octanol–water partition coefficient (Wildman–Crippen LogP) is 4.14. The molecule has 2 aromatic rings. The van der Waals surface area contributed by atoms with Crippen LogP contribution >= 0.6 is 23.2 Å². The second kappa shape index (κ2) is 5.51. The van der Waals surface area contributed by atoms with E-state index in [4.69, 9.17) is 28.9 Å². The van der Waals surface area contributed by atoms with Crippen LogP contribution in [0.5, 0.6) is 0 Å². The van der Waals surface area contributed by atoms with Crippen molar-refractivity contribution in [2.24, 2.45) is 0 Å². The SMILES string of the molecule is Cc1ccc(Cl)cc1NC(=O)c1ccc(N)c(Cl)c1. The molecule has 0 spiro atoms. The summed E-state index contributed by atoms with van der Waals surface area (Å²) in [5.74, 6) is -0.257. The minimum absolute atomic E-state index is 0.257. The van der Waals surface area contributed by atoms with Crippen LogP contribution in [0.4, 0.5) is 11.4 Å². The highest BCUT2D eigenvalue weighted by molar-refractivity contribution is 6.33. The normalized spacial score (nSPS) is 10.3. The van der Waals surface area contributed by atoms with Gasteiger partial charge >= 0.3 is 0 Å². The van der Waals surface area contributed by atoms with Gasteiger partial charge in [-0.25, -0.2) is 0 Å². The van der Waals surface area contributed by atoms with E-state index in [9.17, 15) is 4.79 Å². The van der Waals surface area contributed by atoms with Crippen LogP contribution in [-0.2, 0) is 0 Å². The molecular formula is C14H12Cl2N2O. The number of amides is 1. The van der Waals surface area contributed by atoms with E-state index in [2.05, 4.69) is 5.32 Å². The van der Waals surface area contributed by atoms with Crippen molar-refractivity contribution in [1.82, 2.24) is 0 Å². The van der Waals surface area contributed by atoms with Crippen molar-refractivity contribution in [1.29, 1.82) is 0 Å². The number of carbonyl (C=O) groups is 1. The van der Waals surface area contributed by atoms with Crippen molar-refractivity contribution in [2.45, 2.75) is 6.92 Å². The standard InChI is InChI=1S/C14H12Cl2N2O/c1-8-2-4-10(15)7-13(8)18-14(19)9-3-5-12(17)11(16)6-9/h2-7H,17H2,1H3,(H,18,19). The predicted molar refractivity (Wildman–Crippen MR) is 80.0 cm³/mol. The third kappa shape index (κ3) is 3.19. The maximum Gasteiger partial charge on any atom is 0.255 e. The van der Waals surface area contributed by atoms with Crippen molar-refractivity contribution < 1.29 is 4.79 Å². The summed E-state index contributed by atoms with van der Waals surface area (Å²) >= 11 is 11.8. The summed E-state index contributed by atoms with van der Waals surface area (Å²) < 4.78 is 0. The summed E-state index contributed by atoms with van der Waals surface area (Å²) in [5.41, 5.74) is 8.09. The van der Waals surface area contributed by atoms with Crippen molar-refractivity contribution in [3.05, 3.63) is 57.6 Å². The van der Waals surface area contributed by atoms with Crippen molar-refractivity contribution in [2.75, 3.05) is 11.1 Å². The largest absolute Gasteiger partial charge is 0.398 e. The average Bonchev–Trinajstić information content (AvgIpc) is 2.37. The molecule has 0 aromatic heterocycles. The first-order valence-corrected chi connectivity index (χ1v) is 6.35. The first-order chi connectivity index (χ1) is 8.97. The lowest BCUT2D eigenvalue weighted by atomic mass is 10.1. The van der Waals surface area contributed by atoms with Crippen molar-refractivity contribution in [3.63, 3.8) is 0 Å². The molecule has 1 amide bonds. The zero-order valence-corrected chi connectivity index (χ0v) is 11.7. The lowest BCUT2D eigenvalue weighted by Crippen LogP contribution is -2.12. The highest BCUT2D eigenvalue weighted by Crippen LogP contribution is 2.23. The Balaban J connectivity index is 2.25. The highest BCUT2D eigenvalue weighted by atomic mass is 35.5. The Kier molecular flexibility index (Phi) is 3.98. The summed E-state index contributed by atoms with van der Waals surface area (Å²) in [6, 6.07) is 10.1. The third-order valence-corrected chi connectivity index (χ3v) is 3.27. The quantitative estimate of drug-likeness (QED) is 0.818. The van der Waals surface area contributed by atoms with E-state index >= 15 is 0 Å². The van der Waals surface area contributed by atoms with E-state index in [1.54, 1.807) is 24.3 Å². The Morgan fingerprint density at radius 3 is 2.58 bits per heavy atom. The molecule has 0 unspecified atom stereocenters. The molecule has 0 heterocycles. The minimum atomic E-state index is -0.257. The van der Waals surface area contributed by atoms with Gasteiger partial charge in [0.05, 0.1) is 10.7 Å². The average molecular weight is 295 g/mol. The number of anilines is 2. The van der Waals surface area contributed by atoms with Crippen LogP contribution in [0, 0.1) is 6.92 Å². The molecule has 3 nitrogen and oxygen atoms in total. The second-order valence-electron chi connectivity index (χ2n) is 4.15. The number of nitrogen functional groups attached to an aromatic ring is 1. The van der Waals surface area contributed by atoms with E-state index in [-0.39, 0.29) is 5.91 Å². The van der Waals surface area contributed by atoms with Gasteiger partial charge in [-0.3, -0.25) is 4.79 Å². The van der Waals surface area contributed by atoms with Gasteiger partial charge in [0.15, 0.2) is 0 Å². The molecule has 0 radical (unpaired) electrons. The Bertz CT molecular complexity index is 641. The zero-order chi connectivity index (χ0) is 14.0. The molecule has 0 aliphatic rings. The molecule has 0 saturated heterocycles. The molecule has 98 valence electrons. The summed E-state index contributed by atoms with van der Waals surface area (Å²) in [4.78, 5) is 12.1. The van der Waals surface area contributed by atoms with Gasteiger partial charge in [-0.1, -0.05) is 29.3 Å². The number of nitrogens with two attached hydrogens (primary N) is 1. The fourth-order valence-corrected chi connectivity index (χ4v) is 1.94. The molecule has 0 fully saturated rings. The maximum absolute atomic E-state index is 12.1. The first kappa shape index (κ1) is 13.7. The minimum Gasteiger partial charge on any atom is -0.398 e. The van der Waals surface area contributed by atoms with Crippen LogP contribution in [0.1, 0.15) is 15.9 Å². The Morgan fingerprint density at radius 2 is 1.89 bits per heavy atom. The number of hydrogen-bond acceptors (Lipinski definition) is 2. The summed E-state index contributed by atoms with van der Waals surface area (Å²) in [6.45, 7) is 1.89. The first-order valence-electron chi connectivity index (χ1n) is 5.60. The van der Waals surface area contributed by atoms with Crippen LogP contribution < -0.4 is 11.1 Å². The van der Waals surface area contributed by atoms with E-state index < -0.39 is 0 Å². The van der Waals surface area contributed by atoms with E-state index in [1.165, 1.54) is 6.07 Å². The van der Waals surface area contributed by atoms with E-state index in [0.717, 1.165) is 5.56 Å². The molecule has 5 heteroatoms. The summed E-state index contributed by atoms with van der Waals surface area (Å²) in [6.07, 6.45) is 0. The fraction of sp³-hybridized carbons (Fsp3) is 0.0714. The molecule has 3 N–H and O–H groups in total. The van der Waals surface area contributed by atoms with E-state index in [0.29, 0.717) is 27.0 Å². The topological polar surface area (TPSA) is 55.1 Å². The number of halogens is 2. The van der Waals surface area contributed by atoms with Crippen LogP contribution in [0.15, 0.2) is 36.4 Å². The molecule has 0 aliphatic heterocycles. The second-order valence-corrected chi connectivity index (χ2v) is 4.99. The molecule has 19 heavy (non-hydrogen) atoms. The monoisotopic (exact) mass is 294 g/mol. The van der Waals surface area contributed by atoms with Crippen LogP contribution in [0.3, 0.4) is 0 Å². The smallest absolute Gasteiger partial charge is 0.255 e. The molecular weight excluding hydrogens is 283 g/mol. The van der Waals surface area contributed by atoms with Crippen LogP contribution in [0.2, 0.25) is 10.0 Å². The maximum atomic E-state index is 12.1. The van der Waals surface area contributed by atoms with Crippen LogP contribution in [0.25, 0.3) is 0 Å². The summed E-state index contributed by atoms with van der Waals surface area (Å²) in [5, 5.41) is 3.71. The van der Waals surface area contributed by atoms with E-state index in [1.807, 2.05) is 13.0 Å². The van der Waals surface area contributed by atoms with Gasteiger partial charge in [0.2, 0.25) is 0 Å². The number of nitrogens with one attached hydrogen (secondary N) is 1. The number of aryl methyl sites for hydroxylation is 1. The Labute approximate surface area is 121 Å². The van der Waals surface area contributed by atoms with Gasteiger partial charge in [0.1, 0.15) is 0 Å². The van der Waals surface area contributed by atoms with Gasteiger partial charge < -0.3 is 11.1 Å². The highest BCUT2D eigenvalue weighted by Gasteiger charge is 2.09. The molecule has 0 saturated carbocycles. The van der Waals surface area contributed by atoms with Gasteiger partial charge in [0, 0.05) is 16.3 Å². The van der Waals surface area contributed by atoms with Crippen molar-refractivity contribution in [3.8, 4) is 0 Å². The molecule has 0 bridgehead atoms. The lowest BCUT2D eigenvalue weighted by Gasteiger charge is -2.09. The number of carbonyl (C=O) groups excluding carboxylic acids is 1. The molecule has 0 aliphatic carbocycles. The summed E-state index contributed by atoms with van der Waals surface area (Å²) in [7, 11) is 0. The Morgan fingerprint density at radius 1 is 1.16 bits per heavy atom. The van der Waals surface area contributed by atoms with Gasteiger partial charge in [0.25, 0.3) is 5.91 Å². The zero-order valence-electron chi connectivity index (χ0n) is 10.2. The van der Waals surface area contributed by atoms with Crippen molar-refractivity contribution >= 4 is 40.5 Å². The number of benzene rings is 2. The number of hydrogen-bond donors (Lipinski definition) is 2. The number of rotatable bonds is 2. The lowest BCUT2D eigenvalue weighted by molar-refractivity contribution is 0.102. The Hall–Kier alpha value is -1.71.